The van der Waals surface area contributed by atoms with Crippen molar-refractivity contribution in [3.8, 4) is 17.3 Å². The summed E-state index contributed by atoms with van der Waals surface area (Å²) in [6, 6.07) is 11.4. The maximum atomic E-state index is 15.8. The molecule has 226 valence electrons. The van der Waals surface area contributed by atoms with Crippen LogP contribution in [0.25, 0.3) is 22.2 Å². The molecule has 1 spiro atoms. The van der Waals surface area contributed by atoms with Gasteiger partial charge in [-0.05, 0) is 63.1 Å². The molecule has 3 aliphatic rings. The lowest BCUT2D eigenvalue weighted by atomic mass is 9.72. The fourth-order valence-electron chi connectivity index (χ4n) is 6.72. The number of anilines is 3. The Hall–Kier alpha value is -4.18. The lowest BCUT2D eigenvalue weighted by Crippen LogP contribution is -2.74. The molecule has 9 nitrogen and oxygen atoms in total. The first kappa shape index (κ1) is 28.6. The van der Waals surface area contributed by atoms with E-state index in [1.54, 1.807) is 24.1 Å². The number of thiazole rings is 1. The van der Waals surface area contributed by atoms with Gasteiger partial charge in [-0.15, -0.1) is 0 Å². The summed E-state index contributed by atoms with van der Waals surface area (Å²) in [6.07, 6.45) is 0.194. The predicted octanol–water partition coefficient (Wildman–Crippen LogP) is 4.68. The molecule has 1 amide bonds. The second-order valence-electron chi connectivity index (χ2n) is 12.6. The van der Waals surface area contributed by atoms with Crippen LogP contribution in [0.1, 0.15) is 42.5 Å². The van der Waals surface area contributed by atoms with E-state index in [-0.39, 0.29) is 22.7 Å². The van der Waals surface area contributed by atoms with Crippen molar-refractivity contribution in [2.24, 2.45) is 5.41 Å². The summed E-state index contributed by atoms with van der Waals surface area (Å²) in [5, 5.41) is 31.7. The van der Waals surface area contributed by atoms with Gasteiger partial charge in [0.1, 0.15) is 33.6 Å². The second-order valence-corrected chi connectivity index (χ2v) is 13.6. The number of nitrogens with zero attached hydrogens (tertiary/aromatic N) is 6. The summed E-state index contributed by atoms with van der Waals surface area (Å²) in [5.41, 5.74) is 2.29. The van der Waals surface area contributed by atoms with Gasteiger partial charge in [0.2, 0.25) is 0 Å². The van der Waals surface area contributed by atoms with Crippen molar-refractivity contribution in [3.05, 3.63) is 64.2 Å². The molecule has 1 aliphatic carbocycles. The first-order valence-electron chi connectivity index (χ1n) is 14.4. The normalized spacial score (nSPS) is 18.6. The van der Waals surface area contributed by atoms with Gasteiger partial charge in [0.15, 0.2) is 10.9 Å². The highest BCUT2D eigenvalue weighted by molar-refractivity contribution is 7.16. The van der Waals surface area contributed by atoms with Crippen LogP contribution in [0, 0.1) is 28.4 Å². The summed E-state index contributed by atoms with van der Waals surface area (Å²) in [4.78, 5) is 27.7. The number of carbonyl (C=O) groups excluding carboxylic acids is 1. The van der Waals surface area contributed by atoms with E-state index in [1.165, 1.54) is 43.4 Å². The van der Waals surface area contributed by atoms with E-state index in [0.29, 0.717) is 82.7 Å². The predicted molar refractivity (Wildman–Crippen MR) is 163 cm³/mol. The van der Waals surface area contributed by atoms with Crippen LogP contribution < -0.4 is 9.80 Å². The zero-order valence-corrected chi connectivity index (χ0v) is 25.3. The number of aromatic nitrogens is 2. The molecule has 2 aromatic carbocycles. The number of aliphatic hydroxyl groups excluding tert-OH is 1. The van der Waals surface area contributed by atoms with Gasteiger partial charge < -0.3 is 24.9 Å². The molecular formula is C32H30F2N6O3S. The van der Waals surface area contributed by atoms with Crippen molar-refractivity contribution in [1.82, 2.24) is 14.9 Å². The van der Waals surface area contributed by atoms with Crippen molar-refractivity contribution >= 4 is 44.7 Å². The molecule has 2 aliphatic heterocycles. The average molecular weight is 617 g/mol. The van der Waals surface area contributed by atoms with Gasteiger partial charge in [0, 0.05) is 60.8 Å². The van der Waals surface area contributed by atoms with Gasteiger partial charge in [-0.3, -0.25) is 4.79 Å². The molecule has 4 aromatic rings. The SMILES string of the molecule is CN(c1nc(-c2ccc(F)cc2)c(C#N)s1)c1c2c(nc3c(F)cc(N4CC5(CN(C(=O)C(C)(C)O)C5)C4)cc13)C(O)CC2. The number of likely N-dealkylation sites (tertiary alicyclic amines) is 1. The van der Waals surface area contributed by atoms with Crippen LogP contribution in [0.15, 0.2) is 36.4 Å². The Balaban J connectivity index is 1.25. The lowest BCUT2D eigenvalue weighted by molar-refractivity contribution is -0.162. The highest BCUT2D eigenvalue weighted by Crippen LogP contribution is 2.47. The minimum Gasteiger partial charge on any atom is -0.387 e. The highest BCUT2D eigenvalue weighted by atomic mass is 32.1. The van der Waals surface area contributed by atoms with Crippen molar-refractivity contribution in [1.29, 1.82) is 5.26 Å². The van der Waals surface area contributed by atoms with E-state index in [9.17, 15) is 24.7 Å². The summed E-state index contributed by atoms with van der Waals surface area (Å²) >= 11 is 1.18. The molecule has 12 heteroatoms. The summed E-state index contributed by atoms with van der Waals surface area (Å²) in [7, 11) is 1.81. The quantitative estimate of drug-likeness (QED) is 0.332. The van der Waals surface area contributed by atoms with Crippen LogP contribution in [-0.2, 0) is 11.2 Å². The number of nitriles is 1. The van der Waals surface area contributed by atoms with Crippen molar-refractivity contribution in [2.75, 3.05) is 43.0 Å². The third-order valence-corrected chi connectivity index (χ3v) is 9.89. The highest BCUT2D eigenvalue weighted by Gasteiger charge is 2.54. The molecule has 1 atom stereocenters. The van der Waals surface area contributed by atoms with Crippen molar-refractivity contribution in [3.63, 3.8) is 0 Å². The number of pyridine rings is 1. The molecule has 2 fully saturated rings. The molecular weight excluding hydrogens is 586 g/mol. The first-order valence-corrected chi connectivity index (χ1v) is 15.2. The molecule has 44 heavy (non-hydrogen) atoms. The Morgan fingerprint density at radius 1 is 1.16 bits per heavy atom. The Morgan fingerprint density at radius 2 is 1.86 bits per heavy atom. The standard InChI is InChI=1S/C32H30F2N6O3S/c1-31(2,43)29(42)40-15-32(16-40)13-39(14-32)19-10-21-26(22(34)11-19)36-27-20(8-9-23(27)41)28(21)38(3)30-37-25(24(12-35)44-30)17-4-6-18(33)7-5-17/h4-7,10-11,23,41,43H,8-9,13-16H2,1-3H3. The van der Waals surface area contributed by atoms with Gasteiger partial charge in [-0.2, -0.15) is 5.26 Å². The fraction of sp³-hybridized carbons (Fsp3) is 0.375. The number of amides is 1. The number of rotatable bonds is 5. The molecule has 7 rings (SSSR count). The number of aliphatic hydroxyl groups is 2. The van der Waals surface area contributed by atoms with Gasteiger partial charge in [0.25, 0.3) is 5.91 Å². The molecule has 0 saturated carbocycles. The number of hydrogen-bond donors (Lipinski definition) is 2. The van der Waals surface area contributed by atoms with Gasteiger partial charge in [-0.1, -0.05) is 11.3 Å². The topological polar surface area (TPSA) is 117 Å². The van der Waals surface area contributed by atoms with Crippen LogP contribution in [-0.4, -0.2) is 69.8 Å². The summed E-state index contributed by atoms with van der Waals surface area (Å²) < 4.78 is 29.4. The number of halogens is 2. The fourth-order valence-corrected chi connectivity index (χ4v) is 7.58. The summed E-state index contributed by atoms with van der Waals surface area (Å²) in [6.45, 7) is 5.36. The minimum absolute atomic E-state index is 0.0857. The van der Waals surface area contributed by atoms with Crippen LogP contribution >= 0.6 is 11.3 Å². The van der Waals surface area contributed by atoms with Gasteiger partial charge in [-0.25, -0.2) is 18.7 Å². The van der Waals surface area contributed by atoms with Crippen LogP contribution in [0.4, 0.5) is 25.3 Å². The van der Waals surface area contributed by atoms with Crippen molar-refractivity contribution in [2.45, 2.75) is 38.4 Å². The third-order valence-electron chi connectivity index (χ3n) is 8.85. The molecule has 2 aromatic heterocycles. The van der Waals surface area contributed by atoms with E-state index in [1.807, 2.05) is 11.0 Å². The van der Waals surface area contributed by atoms with Crippen LogP contribution in [0.2, 0.25) is 0 Å². The van der Waals surface area contributed by atoms with E-state index >= 15 is 4.39 Å². The van der Waals surface area contributed by atoms with Crippen molar-refractivity contribution < 1.29 is 23.8 Å². The largest absolute Gasteiger partial charge is 0.387 e. The number of benzene rings is 2. The Bertz CT molecular complexity index is 1870. The molecule has 4 heterocycles. The number of fused-ring (bicyclic) bond motifs is 2. The first-order chi connectivity index (χ1) is 20.9. The smallest absolute Gasteiger partial charge is 0.253 e. The van der Waals surface area contributed by atoms with E-state index in [2.05, 4.69) is 16.0 Å². The number of hydrogen-bond acceptors (Lipinski definition) is 9. The zero-order chi connectivity index (χ0) is 31.1. The maximum absolute atomic E-state index is 15.8. The average Bonchev–Trinajstić information content (AvgIpc) is 3.54. The Kier molecular flexibility index (Phi) is 6.44. The second kappa shape index (κ2) is 9.92. The van der Waals surface area contributed by atoms with Gasteiger partial charge in [0.05, 0.1) is 17.5 Å². The van der Waals surface area contributed by atoms with Crippen LogP contribution in [0.5, 0.6) is 0 Å². The van der Waals surface area contributed by atoms with E-state index in [4.69, 9.17) is 4.98 Å². The number of carbonyl (C=O) groups is 1. The Labute approximate surface area is 256 Å². The maximum Gasteiger partial charge on any atom is 0.253 e. The molecule has 2 saturated heterocycles. The lowest BCUT2D eigenvalue weighted by Gasteiger charge is -2.61. The summed E-state index contributed by atoms with van der Waals surface area (Å²) in [5.74, 6) is -1.19. The third kappa shape index (κ3) is 4.49. The van der Waals surface area contributed by atoms with E-state index < -0.39 is 17.5 Å². The minimum atomic E-state index is -1.42. The molecule has 0 bridgehead atoms. The molecule has 1 unspecified atom stereocenters. The molecule has 0 radical (unpaired) electrons. The Morgan fingerprint density at radius 3 is 2.52 bits per heavy atom. The van der Waals surface area contributed by atoms with Crippen LogP contribution in [0.3, 0.4) is 0 Å². The molecule has 2 N–H and O–H groups in total. The van der Waals surface area contributed by atoms with E-state index in [0.717, 1.165) is 5.56 Å². The zero-order valence-electron chi connectivity index (χ0n) is 24.4. The monoisotopic (exact) mass is 616 g/mol. The van der Waals surface area contributed by atoms with Gasteiger partial charge >= 0.3 is 0 Å².